The average Bonchev–Trinajstić information content (AvgIpc) is 2.69. The predicted molar refractivity (Wildman–Crippen MR) is 124 cm³/mol. The Hall–Kier alpha value is -1.27. The summed E-state index contributed by atoms with van der Waals surface area (Å²) in [6, 6.07) is 16.0. The quantitative estimate of drug-likeness (QED) is 0.275. The second-order valence-electron chi connectivity index (χ2n) is 7.39. The third-order valence-corrected chi connectivity index (χ3v) is 6.47. The van der Waals surface area contributed by atoms with Gasteiger partial charge in [0.2, 0.25) is 0 Å². The van der Waals surface area contributed by atoms with Gasteiger partial charge in [-0.05, 0) is 114 Å². The monoisotopic (exact) mass is 416 g/mol. The number of thioether (sulfide) groups is 2. The van der Waals surface area contributed by atoms with E-state index < -0.39 is 0 Å². The van der Waals surface area contributed by atoms with Crippen LogP contribution in [0.2, 0.25) is 0 Å². The van der Waals surface area contributed by atoms with Gasteiger partial charge < -0.3 is 9.80 Å². The molecule has 5 heteroatoms. The second kappa shape index (κ2) is 12.3. The molecular weight excluding hydrogens is 384 g/mol. The zero-order valence-corrected chi connectivity index (χ0v) is 19.1. The Morgan fingerprint density at radius 1 is 0.679 bits per heavy atom. The van der Waals surface area contributed by atoms with Crippen LogP contribution >= 0.6 is 23.5 Å². The summed E-state index contributed by atoms with van der Waals surface area (Å²) in [5.74, 6) is 2.28. The number of hydrogen-bond donors (Lipinski definition) is 0. The topological polar surface area (TPSA) is 23.6 Å². The van der Waals surface area contributed by atoms with Crippen molar-refractivity contribution < 1.29 is 4.79 Å². The van der Waals surface area contributed by atoms with Gasteiger partial charge in [-0.1, -0.05) is 0 Å². The molecule has 0 unspecified atom stereocenters. The number of ketones is 1. The highest BCUT2D eigenvalue weighted by Crippen LogP contribution is 2.22. The lowest BCUT2D eigenvalue weighted by atomic mass is 10.0. The van der Waals surface area contributed by atoms with Gasteiger partial charge in [-0.15, -0.1) is 23.5 Å². The van der Waals surface area contributed by atoms with Gasteiger partial charge in [0.1, 0.15) is 0 Å². The Morgan fingerprint density at radius 3 is 1.36 bits per heavy atom. The van der Waals surface area contributed by atoms with E-state index in [1.54, 1.807) is 0 Å². The van der Waals surface area contributed by atoms with Crippen molar-refractivity contribution in [1.29, 1.82) is 0 Å². The fraction of sp³-hybridized carbons (Fsp3) is 0.435. The molecule has 0 N–H and O–H groups in total. The molecule has 3 nitrogen and oxygen atoms in total. The fourth-order valence-electron chi connectivity index (χ4n) is 2.71. The van der Waals surface area contributed by atoms with E-state index in [0.717, 1.165) is 48.6 Å². The molecule has 0 aliphatic heterocycles. The first kappa shape index (κ1) is 23.0. The summed E-state index contributed by atoms with van der Waals surface area (Å²) in [5, 5.41) is 0. The number of nitrogens with zero attached hydrogens (tertiary/aromatic N) is 2. The Bertz CT molecular complexity index is 651. The van der Waals surface area contributed by atoms with Gasteiger partial charge in [0.15, 0.2) is 5.78 Å². The molecule has 0 aromatic heterocycles. The van der Waals surface area contributed by atoms with E-state index in [0.29, 0.717) is 0 Å². The predicted octanol–water partition coefficient (Wildman–Crippen LogP) is 5.01. The molecule has 2 rings (SSSR count). The van der Waals surface area contributed by atoms with E-state index in [9.17, 15) is 4.79 Å². The van der Waals surface area contributed by atoms with E-state index in [1.807, 2.05) is 47.8 Å². The van der Waals surface area contributed by atoms with Gasteiger partial charge in [0, 0.05) is 20.9 Å². The van der Waals surface area contributed by atoms with E-state index in [1.165, 1.54) is 9.79 Å². The van der Waals surface area contributed by atoms with Gasteiger partial charge in [-0.25, -0.2) is 0 Å². The van der Waals surface area contributed by atoms with Crippen LogP contribution in [0.3, 0.4) is 0 Å². The van der Waals surface area contributed by atoms with Crippen LogP contribution < -0.4 is 0 Å². The van der Waals surface area contributed by atoms with Gasteiger partial charge in [-0.3, -0.25) is 4.79 Å². The van der Waals surface area contributed by atoms with Crippen molar-refractivity contribution in [2.24, 2.45) is 0 Å². The fourth-order valence-corrected chi connectivity index (χ4v) is 4.39. The summed E-state index contributed by atoms with van der Waals surface area (Å²) >= 11 is 3.70. The smallest absolute Gasteiger partial charge is 0.193 e. The first-order chi connectivity index (χ1) is 13.5. The van der Waals surface area contributed by atoms with Crippen LogP contribution in [0.5, 0.6) is 0 Å². The minimum absolute atomic E-state index is 0.0910. The molecule has 2 aromatic carbocycles. The first-order valence-corrected chi connectivity index (χ1v) is 11.7. The van der Waals surface area contributed by atoms with Crippen molar-refractivity contribution in [1.82, 2.24) is 9.80 Å². The Labute approximate surface area is 178 Å². The van der Waals surface area contributed by atoms with Crippen molar-refractivity contribution in [2.45, 2.75) is 22.6 Å². The molecule has 0 fully saturated rings. The summed E-state index contributed by atoms with van der Waals surface area (Å²) in [7, 11) is 8.39. The maximum absolute atomic E-state index is 12.7. The summed E-state index contributed by atoms with van der Waals surface area (Å²) in [6.07, 6.45) is 2.33. The van der Waals surface area contributed by atoms with Gasteiger partial charge in [-0.2, -0.15) is 0 Å². The summed E-state index contributed by atoms with van der Waals surface area (Å²) in [5.41, 5.74) is 1.51. The van der Waals surface area contributed by atoms with Crippen LogP contribution in [-0.2, 0) is 0 Å². The van der Waals surface area contributed by atoms with Crippen molar-refractivity contribution in [3.05, 3.63) is 59.7 Å². The summed E-state index contributed by atoms with van der Waals surface area (Å²) < 4.78 is 0. The highest BCUT2D eigenvalue weighted by Gasteiger charge is 2.09. The molecule has 0 atom stereocenters. The zero-order valence-electron chi connectivity index (χ0n) is 17.5. The third-order valence-electron chi connectivity index (χ3n) is 4.27. The van der Waals surface area contributed by atoms with E-state index >= 15 is 0 Å². The van der Waals surface area contributed by atoms with Crippen molar-refractivity contribution >= 4 is 29.3 Å². The molecule has 0 saturated heterocycles. The third kappa shape index (κ3) is 8.39. The molecule has 0 aliphatic rings. The normalized spacial score (nSPS) is 11.4. The molecule has 0 aliphatic carbocycles. The molecule has 0 spiro atoms. The highest BCUT2D eigenvalue weighted by atomic mass is 32.2. The summed E-state index contributed by atoms with van der Waals surface area (Å²) in [6.45, 7) is 2.21. The number of hydrogen-bond acceptors (Lipinski definition) is 5. The maximum atomic E-state index is 12.7. The van der Waals surface area contributed by atoms with Gasteiger partial charge in [0.25, 0.3) is 0 Å². The minimum Gasteiger partial charge on any atom is -0.309 e. The van der Waals surface area contributed by atoms with E-state index in [-0.39, 0.29) is 5.78 Å². The van der Waals surface area contributed by atoms with Gasteiger partial charge in [0.05, 0.1) is 0 Å². The Kier molecular flexibility index (Phi) is 10.1. The van der Waals surface area contributed by atoms with Crippen LogP contribution in [-0.4, -0.2) is 68.4 Å². The Morgan fingerprint density at radius 2 is 1.04 bits per heavy atom. The first-order valence-electron chi connectivity index (χ1n) is 9.75. The Balaban J connectivity index is 1.84. The molecule has 0 amide bonds. The number of benzene rings is 2. The van der Waals surface area contributed by atoms with Crippen molar-refractivity contribution in [2.75, 3.05) is 52.8 Å². The van der Waals surface area contributed by atoms with E-state index in [4.69, 9.17) is 0 Å². The van der Waals surface area contributed by atoms with Crippen molar-refractivity contribution in [3.63, 3.8) is 0 Å². The van der Waals surface area contributed by atoms with Crippen LogP contribution in [0, 0.1) is 0 Å². The number of rotatable bonds is 12. The highest BCUT2D eigenvalue weighted by molar-refractivity contribution is 7.99. The molecule has 2 aromatic rings. The van der Waals surface area contributed by atoms with Crippen LogP contribution in [0.15, 0.2) is 58.3 Å². The lowest BCUT2D eigenvalue weighted by Crippen LogP contribution is -2.13. The maximum Gasteiger partial charge on any atom is 0.193 e. The van der Waals surface area contributed by atoms with Crippen molar-refractivity contribution in [3.8, 4) is 0 Å². The van der Waals surface area contributed by atoms with Crippen LogP contribution in [0.25, 0.3) is 0 Å². The molecule has 28 heavy (non-hydrogen) atoms. The molecule has 0 bridgehead atoms. The molecule has 0 saturated carbocycles. The molecule has 152 valence electrons. The molecular formula is C23H32N2OS2. The largest absolute Gasteiger partial charge is 0.309 e. The second-order valence-corrected chi connectivity index (χ2v) is 9.73. The average molecular weight is 417 g/mol. The van der Waals surface area contributed by atoms with Crippen LogP contribution in [0.4, 0.5) is 0 Å². The number of carbonyl (C=O) groups excluding carboxylic acids is 1. The standard InChI is InChI=1S/C23H32N2OS2/c1-24(2)15-5-17-27-21-11-7-19(8-12-21)23(26)20-9-13-22(14-10-20)28-18-6-16-25(3)4/h7-14H,5-6,15-18H2,1-4H3. The lowest BCUT2D eigenvalue weighted by molar-refractivity contribution is 0.103. The SMILES string of the molecule is CN(C)CCCSc1ccc(C(=O)c2ccc(SCCCN(C)C)cc2)cc1. The summed E-state index contributed by atoms with van der Waals surface area (Å²) in [4.78, 5) is 19.6. The molecule has 0 radical (unpaired) electrons. The minimum atomic E-state index is 0.0910. The zero-order chi connectivity index (χ0) is 20.4. The number of carbonyl (C=O) groups is 1. The lowest BCUT2D eigenvalue weighted by Gasteiger charge is -2.09. The molecule has 0 heterocycles. The van der Waals surface area contributed by atoms with E-state index in [2.05, 4.69) is 62.3 Å². The van der Waals surface area contributed by atoms with Gasteiger partial charge >= 0.3 is 0 Å². The van der Waals surface area contributed by atoms with Crippen LogP contribution in [0.1, 0.15) is 28.8 Å².